The molecule has 2 rings (SSSR count). The van der Waals surface area contributed by atoms with Gasteiger partial charge in [0.1, 0.15) is 0 Å². The molecule has 130 valence electrons. The third-order valence-corrected chi connectivity index (χ3v) is 5.74. The first-order valence-corrected chi connectivity index (χ1v) is 9.59. The number of carbonyl (C=O) groups excluding carboxylic acids is 2. The first-order valence-electron chi connectivity index (χ1n) is 9.59. The Hall–Kier alpha value is -1.12. The molecule has 0 unspecified atom stereocenters. The van der Waals surface area contributed by atoms with Gasteiger partial charge < -0.3 is 0 Å². The summed E-state index contributed by atoms with van der Waals surface area (Å²) in [7, 11) is 0. The van der Waals surface area contributed by atoms with Crippen LogP contribution in [0.25, 0.3) is 0 Å². The molecule has 23 heavy (non-hydrogen) atoms. The highest BCUT2D eigenvalue weighted by molar-refractivity contribution is 6.13. The Morgan fingerprint density at radius 1 is 0.739 bits per heavy atom. The highest BCUT2D eigenvalue weighted by Gasteiger charge is 2.42. The van der Waals surface area contributed by atoms with Crippen molar-refractivity contribution in [1.29, 1.82) is 0 Å². The van der Waals surface area contributed by atoms with Crippen molar-refractivity contribution in [3.8, 4) is 0 Å². The van der Waals surface area contributed by atoms with Crippen LogP contribution in [-0.4, -0.2) is 22.3 Å². The molecule has 0 radical (unpaired) electrons. The van der Waals surface area contributed by atoms with Gasteiger partial charge in [0.25, 0.3) is 11.8 Å². The van der Waals surface area contributed by atoms with Crippen LogP contribution in [0, 0.1) is 5.92 Å². The first kappa shape index (κ1) is 18.2. The van der Waals surface area contributed by atoms with Crippen molar-refractivity contribution in [3.63, 3.8) is 0 Å². The van der Waals surface area contributed by atoms with Crippen LogP contribution in [0.15, 0.2) is 12.2 Å². The molecule has 0 bridgehead atoms. The van der Waals surface area contributed by atoms with Crippen LogP contribution in [0.1, 0.15) is 90.9 Å². The van der Waals surface area contributed by atoms with Crippen LogP contribution in [-0.2, 0) is 9.59 Å². The van der Waals surface area contributed by atoms with E-state index in [1.54, 1.807) is 0 Å². The van der Waals surface area contributed by atoms with Crippen molar-refractivity contribution in [2.75, 3.05) is 0 Å². The molecular weight excluding hydrogens is 286 g/mol. The van der Waals surface area contributed by atoms with E-state index >= 15 is 0 Å². The fourth-order valence-corrected chi connectivity index (χ4v) is 4.20. The number of rotatable bonds is 2. The Morgan fingerprint density at radius 3 is 1.48 bits per heavy atom. The van der Waals surface area contributed by atoms with Crippen molar-refractivity contribution >= 4 is 11.8 Å². The quantitative estimate of drug-likeness (QED) is 0.672. The standard InChI is InChI=1S/C20H33NO2/c1-20(2,21-18(22)15-16-19(21)23)17-13-11-9-7-5-3-4-6-8-10-12-14-17/h15-17H,3-14H2,1-2H3. The van der Waals surface area contributed by atoms with E-state index in [0.717, 1.165) is 12.8 Å². The predicted molar refractivity (Wildman–Crippen MR) is 94.0 cm³/mol. The van der Waals surface area contributed by atoms with Gasteiger partial charge >= 0.3 is 0 Å². The number of nitrogens with zero attached hydrogens (tertiary/aromatic N) is 1. The van der Waals surface area contributed by atoms with Crippen LogP contribution in [0.3, 0.4) is 0 Å². The maximum absolute atomic E-state index is 12.1. The minimum absolute atomic E-state index is 0.136. The van der Waals surface area contributed by atoms with E-state index in [1.165, 1.54) is 81.3 Å². The molecule has 1 aliphatic carbocycles. The summed E-state index contributed by atoms with van der Waals surface area (Å²) in [6, 6.07) is 0. The van der Waals surface area contributed by atoms with E-state index in [2.05, 4.69) is 13.8 Å². The van der Waals surface area contributed by atoms with E-state index < -0.39 is 0 Å². The molecule has 1 fully saturated rings. The van der Waals surface area contributed by atoms with Crippen molar-refractivity contribution < 1.29 is 9.59 Å². The van der Waals surface area contributed by atoms with Gasteiger partial charge in [0.15, 0.2) is 0 Å². The first-order chi connectivity index (χ1) is 11.0. The van der Waals surface area contributed by atoms with Gasteiger partial charge in [-0.05, 0) is 32.6 Å². The van der Waals surface area contributed by atoms with E-state index in [9.17, 15) is 9.59 Å². The number of amides is 2. The summed E-state index contributed by atoms with van der Waals surface area (Å²) >= 11 is 0. The van der Waals surface area contributed by atoms with E-state index in [0.29, 0.717) is 5.92 Å². The van der Waals surface area contributed by atoms with Crippen molar-refractivity contribution in [1.82, 2.24) is 4.90 Å². The summed E-state index contributed by atoms with van der Waals surface area (Å²) in [4.78, 5) is 25.7. The summed E-state index contributed by atoms with van der Waals surface area (Å²) in [5, 5.41) is 0. The molecule has 1 aliphatic heterocycles. The zero-order valence-corrected chi connectivity index (χ0v) is 15.0. The van der Waals surface area contributed by atoms with E-state index in [1.807, 2.05) is 0 Å². The topological polar surface area (TPSA) is 37.4 Å². The molecule has 0 N–H and O–H groups in total. The maximum Gasteiger partial charge on any atom is 0.254 e. The van der Waals surface area contributed by atoms with Crippen LogP contribution >= 0.6 is 0 Å². The molecule has 1 heterocycles. The SMILES string of the molecule is CC(C)(C1CCCCCCCCCCCC1)N1C(=O)C=CC1=O. The number of carbonyl (C=O) groups is 2. The molecule has 3 nitrogen and oxygen atoms in total. The molecule has 0 saturated heterocycles. The molecule has 0 spiro atoms. The molecule has 0 atom stereocenters. The minimum Gasteiger partial charge on any atom is -0.269 e. The van der Waals surface area contributed by atoms with Crippen LogP contribution < -0.4 is 0 Å². The zero-order chi connectivity index (χ0) is 16.7. The number of imide groups is 1. The molecule has 1 saturated carbocycles. The molecule has 2 aliphatic rings. The average Bonchev–Trinajstić information content (AvgIpc) is 2.86. The summed E-state index contributed by atoms with van der Waals surface area (Å²) in [6.45, 7) is 4.16. The lowest BCUT2D eigenvalue weighted by Crippen LogP contribution is -2.52. The Labute approximate surface area is 141 Å². The minimum atomic E-state index is -0.377. The van der Waals surface area contributed by atoms with Gasteiger partial charge in [0, 0.05) is 17.7 Å². The molecule has 2 amide bonds. The lowest BCUT2D eigenvalue weighted by molar-refractivity contribution is -0.145. The monoisotopic (exact) mass is 319 g/mol. The highest BCUT2D eigenvalue weighted by atomic mass is 16.2. The average molecular weight is 319 g/mol. The second kappa shape index (κ2) is 8.65. The largest absolute Gasteiger partial charge is 0.269 e. The smallest absolute Gasteiger partial charge is 0.254 e. The predicted octanol–water partition coefficient (Wildman–Crippen LogP) is 5.00. The third-order valence-electron chi connectivity index (χ3n) is 5.74. The summed E-state index contributed by atoms with van der Waals surface area (Å²) < 4.78 is 0. The number of hydrogen-bond acceptors (Lipinski definition) is 2. The van der Waals surface area contributed by atoms with Crippen LogP contribution in [0.2, 0.25) is 0 Å². The van der Waals surface area contributed by atoms with E-state index in [-0.39, 0.29) is 17.4 Å². The second-order valence-corrected chi connectivity index (χ2v) is 7.81. The lowest BCUT2D eigenvalue weighted by Gasteiger charge is -2.41. The fraction of sp³-hybridized carbons (Fsp3) is 0.800. The van der Waals surface area contributed by atoms with Crippen LogP contribution in [0.5, 0.6) is 0 Å². The zero-order valence-electron chi connectivity index (χ0n) is 15.0. The maximum atomic E-state index is 12.1. The number of hydrogen-bond donors (Lipinski definition) is 0. The van der Waals surface area contributed by atoms with E-state index in [4.69, 9.17) is 0 Å². The summed E-state index contributed by atoms with van der Waals surface area (Å²) in [5.74, 6) is 0.141. The van der Waals surface area contributed by atoms with Crippen LogP contribution in [0.4, 0.5) is 0 Å². The molecule has 0 aromatic rings. The van der Waals surface area contributed by atoms with Gasteiger partial charge in [0.2, 0.25) is 0 Å². The molecule has 0 aromatic heterocycles. The Balaban J connectivity index is 2.02. The highest BCUT2D eigenvalue weighted by Crippen LogP contribution is 2.35. The Kier molecular flexibility index (Phi) is 6.86. The van der Waals surface area contributed by atoms with Gasteiger partial charge in [-0.15, -0.1) is 0 Å². The fourth-order valence-electron chi connectivity index (χ4n) is 4.20. The van der Waals surface area contributed by atoms with Gasteiger partial charge in [-0.2, -0.15) is 0 Å². The Morgan fingerprint density at radius 2 is 1.09 bits per heavy atom. The van der Waals surface area contributed by atoms with Crippen molar-refractivity contribution in [2.24, 2.45) is 5.92 Å². The molecule has 0 aromatic carbocycles. The van der Waals surface area contributed by atoms with Gasteiger partial charge in [-0.25, -0.2) is 0 Å². The lowest BCUT2D eigenvalue weighted by atomic mass is 9.78. The molecule has 3 heteroatoms. The van der Waals surface area contributed by atoms with Gasteiger partial charge in [0.05, 0.1) is 0 Å². The summed E-state index contributed by atoms with van der Waals surface area (Å²) in [6.07, 6.45) is 18.3. The second-order valence-electron chi connectivity index (χ2n) is 7.81. The third kappa shape index (κ3) is 4.92. The normalized spacial score (nSPS) is 23.5. The van der Waals surface area contributed by atoms with Crippen molar-refractivity contribution in [2.45, 2.75) is 96.4 Å². The van der Waals surface area contributed by atoms with Gasteiger partial charge in [-0.3, -0.25) is 14.5 Å². The Bertz CT molecular complexity index is 407. The summed E-state index contributed by atoms with van der Waals surface area (Å²) in [5.41, 5.74) is -0.377. The van der Waals surface area contributed by atoms with Gasteiger partial charge in [-0.1, -0.05) is 64.2 Å². The molecular formula is C20H33NO2. The van der Waals surface area contributed by atoms with Crippen molar-refractivity contribution in [3.05, 3.63) is 12.2 Å².